The molecular formula is C16H19N5O2. The molecular weight excluding hydrogens is 294 g/mol. The maximum atomic E-state index is 12.4. The van der Waals surface area contributed by atoms with Crippen LogP contribution < -0.4 is 11.1 Å². The zero-order valence-electron chi connectivity index (χ0n) is 12.9. The van der Waals surface area contributed by atoms with Crippen LogP contribution >= 0.6 is 0 Å². The lowest BCUT2D eigenvalue weighted by molar-refractivity contribution is 0.0923. The van der Waals surface area contributed by atoms with Crippen molar-refractivity contribution in [3.05, 3.63) is 47.5 Å². The van der Waals surface area contributed by atoms with Crippen LogP contribution in [0.15, 0.2) is 30.7 Å². The molecule has 120 valence electrons. The van der Waals surface area contributed by atoms with Crippen molar-refractivity contribution >= 4 is 11.9 Å². The van der Waals surface area contributed by atoms with Crippen LogP contribution in [0.1, 0.15) is 21.6 Å². The third-order valence-electron chi connectivity index (χ3n) is 4.00. The molecule has 2 aromatic rings. The van der Waals surface area contributed by atoms with Crippen molar-refractivity contribution in [3.63, 3.8) is 0 Å². The Morgan fingerprint density at radius 3 is 2.91 bits per heavy atom. The Kier molecular flexibility index (Phi) is 4.47. The molecule has 1 aliphatic heterocycles. The van der Waals surface area contributed by atoms with Crippen LogP contribution in [0.3, 0.4) is 0 Å². The summed E-state index contributed by atoms with van der Waals surface area (Å²) in [6.07, 6.45) is 5.84. The molecule has 1 amide bonds. The van der Waals surface area contributed by atoms with Gasteiger partial charge in [0.25, 0.3) is 5.91 Å². The predicted molar refractivity (Wildman–Crippen MR) is 84.7 cm³/mol. The van der Waals surface area contributed by atoms with Crippen molar-refractivity contribution in [2.45, 2.75) is 19.4 Å². The number of amides is 1. The molecule has 7 heteroatoms. The van der Waals surface area contributed by atoms with Crippen molar-refractivity contribution < 1.29 is 9.53 Å². The molecule has 3 rings (SSSR count). The Labute approximate surface area is 134 Å². The van der Waals surface area contributed by atoms with Gasteiger partial charge in [0.1, 0.15) is 0 Å². The lowest BCUT2D eigenvalue weighted by atomic mass is 9.95. The first-order chi connectivity index (χ1) is 11.1. The monoisotopic (exact) mass is 313 g/mol. The summed E-state index contributed by atoms with van der Waals surface area (Å²) >= 11 is 0. The van der Waals surface area contributed by atoms with Gasteiger partial charge in [-0.25, -0.2) is 9.97 Å². The molecule has 0 unspecified atom stereocenters. The molecule has 3 N–H and O–H groups in total. The van der Waals surface area contributed by atoms with Gasteiger partial charge in [-0.05, 0) is 31.0 Å². The SMILES string of the molecule is Cc1nc(N)ncc1C(=O)N[C@@H]1COC[C@H]1Cc1ccncc1. The lowest BCUT2D eigenvalue weighted by Crippen LogP contribution is -2.41. The van der Waals surface area contributed by atoms with Gasteiger partial charge in [0.15, 0.2) is 0 Å². The average Bonchev–Trinajstić information content (AvgIpc) is 2.95. The molecule has 1 saturated heterocycles. The number of aromatic nitrogens is 3. The number of rotatable bonds is 4. The fraction of sp³-hybridized carbons (Fsp3) is 0.375. The minimum Gasteiger partial charge on any atom is -0.379 e. The van der Waals surface area contributed by atoms with Crippen molar-refractivity contribution in [1.82, 2.24) is 20.3 Å². The van der Waals surface area contributed by atoms with E-state index in [1.54, 1.807) is 19.3 Å². The molecule has 1 aliphatic rings. The zero-order chi connectivity index (χ0) is 16.2. The molecule has 0 aliphatic carbocycles. The summed E-state index contributed by atoms with van der Waals surface area (Å²) in [6.45, 7) is 2.88. The summed E-state index contributed by atoms with van der Waals surface area (Å²) in [5.74, 6) is 0.202. The molecule has 0 radical (unpaired) electrons. The van der Waals surface area contributed by atoms with E-state index in [1.807, 2.05) is 12.1 Å². The molecule has 1 fully saturated rings. The molecule has 0 bridgehead atoms. The highest BCUT2D eigenvalue weighted by Crippen LogP contribution is 2.19. The molecule has 7 nitrogen and oxygen atoms in total. The van der Waals surface area contributed by atoms with Crippen molar-refractivity contribution in [2.24, 2.45) is 5.92 Å². The molecule has 2 atom stereocenters. The van der Waals surface area contributed by atoms with Crippen LogP contribution in [0.4, 0.5) is 5.95 Å². The molecule has 0 aromatic carbocycles. The Balaban J connectivity index is 1.67. The van der Waals surface area contributed by atoms with E-state index in [2.05, 4.69) is 20.3 Å². The van der Waals surface area contributed by atoms with Crippen LogP contribution in [0.5, 0.6) is 0 Å². The van der Waals surface area contributed by atoms with Gasteiger partial charge in [-0.3, -0.25) is 9.78 Å². The zero-order valence-corrected chi connectivity index (χ0v) is 12.9. The van der Waals surface area contributed by atoms with Crippen LogP contribution in [-0.4, -0.2) is 40.1 Å². The second-order valence-electron chi connectivity index (χ2n) is 5.66. The molecule has 23 heavy (non-hydrogen) atoms. The third-order valence-corrected chi connectivity index (χ3v) is 4.00. The number of carbonyl (C=O) groups is 1. The van der Waals surface area contributed by atoms with Crippen molar-refractivity contribution in [3.8, 4) is 0 Å². The van der Waals surface area contributed by atoms with Crippen LogP contribution in [0.25, 0.3) is 0 Å². The van der Waals surface area contributed by atoms with E-state index >= 15 is 0 Å². The minimum absolute atomic E-state index is 0.0346. The van der Waals surface area contributed by atoms with Gasteiger partial charge in [0, 0.05) is 24.5 Å². The van der Waals surface area contributed by atoms with Crippen LogP contribution in [0, 0.1) is 12.8 Å². The van der Waals surface area contributed by atoms with Gasteiger partial charge in [0.2, 0.25) is 5.95 Å². The molecule has 2 aromatic heterocycles. The highest BCUT2D eigenvalue weighted by molar-refractivity contribution is 5.95. The first kappa shape index (κ1) is 15.4. The van der Waals surface area contributed by atoms with E-state index in [0.717, 1.165) is 6.42 Å². The Morgan fingerprint density at radius 2 is 2.17 bits per heavy atom. The van der Waals surface area contributed by atoms with E-state index < -0.39 is 0 Å². The van der Waals surface area contributed by atoms with E-state index in [9.17, 15) is 4.79 Å². The van der Waals surface area contributed by atoms with E-state index in [-0.39, 0.29) is 23.8 Å². The molecule has 0 saturated carbocycles. The van der Waals surface area contributed by atoms with Gasteiger partial charge in [-0.2, -0.15) is 0 Å². The fourth-order valence-electron chi connectivity index (χ4n) is 2.74. The smallest absolute Gasteiger partial charge is 0.255 e. The second-order valence-corrected chi connectivity index (χ2v) is 5.66. The topological polar surface area (TPSA) is 103 Å². The number of carbonyl (C=O) groups excluding carboxylic acids is 1. The van der Waals surface area contributed by atoms with Gasteiger partial charge >= 0.3 is 0 Å². The highest BCUT2D eigenvalue weighted by Gasteiger charge is 2.30. The number of nitrogens with two attached hydrogens (primary N) is 1. The second kappa shape index (κ2) is 6.70. The lowest BCUT2D eigenvalue weighted by Gasteiger charge is -2.19. The Morgan fingerprint density at radius 1 is 1.39 bits per heavy atom. The highest BCUT2D eigenvalue weighted by atomic mass is 16.5. The summed E-state index contributed by atoms with van der Waals surface area (Å²) in [5, 5.41) is 3.03. The summed E-state index contributed by atoms with van der Waals surface area (Å²) < 4.78 is 5.55. The summed E-state index contributed by atoms with van der Waals surface area (Å²) in [4.78, 5) is 24.4. The summed E-state index contributed by atoms with van der Waals surface area (Å²) in [6, 6.07) is 3.93. The fourth-order valence-corrected chi connectivity index (χ4v) is 2.74. The van der Waals surface area contributed by atoms with Crippen molar-refractivity contribution in [1.29, 1.82) is 0 Å². The largest absolute Gasteiger partial charge is 0.379 e. The Hall–Kier alpha value is -2.54. The van der Waals surface area contributed by atoms with Gasteiger partial charge < -0.3 is 15.8 Å². The van der Waals surface area contributed by atoms with Gasteiger partial charge in [0.05, 0.1) is 30.5 Å². The Bertz CT molecular complexity index is 692. The number of aryl methyl sites for hydroxylation is 1. The first-order valence-corrected chi connectivity index (χ1v) is 7.50. The quantitative estimate of drug-likeness (QED) is 0.863. The van der Waals surface area contributed by atoms with E-state index in [4.69, 9.17) is 10.5 Å². The van der Waals surface area contributed by atoms with Gasteiger partial charge in [-0.15, -0.1) is 0 Å². The minimum atomic E-state index is -0.197. The summed E-state index contributed by atoms with van der Waals surface area (Å²) in [7, 11) is 0. The van der Waals surface area contributed by atoms with E-state index in [0.29, 0.717) is 24.5 Å². The third kappa shape index (κ3) is 3.62. The first-order valence-electron chi connectivity index (χ1n) is 7.50. The average molecular weight is 313 g/mol. The predicted octanol–water partition coefficient (Wildman–Crippen LogP) is 0.750. The standard InChI is InChI=1S/C16H19N5O2/c1-10-13(7-19-16(17)20-10)15(22)21-14-9-23-8-12(14)6-11-2-4-18-5-3-11/h2-5,7,12,14H,6,8-9H2,1H3,(H,21,22)(H2,17,19,20)/t12-,14-/m1/s1. The number of nitrogens with one attached hydrogen (secondary N) is 1. The maximum Gasteiger partial charge on any atom is 0.255 e. The normalized spacial score (nSPS) is 20.4. The molecule has 0 spiro atoms. The number of anilines is 1. The van der Waals surface area contributed by atoms with Gasteiger partial charge in [-0.1, -0.05) is 0 Å². The van der Waals surface area contributed by atoms with E-state index in [1.165, 1.54) is 11.8 Å². The number of nitrogens with zero attached hydrogens (tertiary/aromatic N) is 3. The van der Waals surface area contributed by atoms with Crippen molar-refractivity contribution in [2.75, 3.05) is 18.9 Å². The maximum absolute atomic E-state index is 12.4. The van der Waals surface area contributed by atoms with Crippen LogP contribution in [-0.2, 0) is 11.2 Å². The van der Waals surface area contributed by atoms with Crippen LogP contribution in [0.2, 0.25) is 0 Å². The number of ether oxygens (including phenoxy) is 1. The number of pyridine rings is 1. The number of hydrogen-bond acceptors (Lipinski definition) is 6. The summed E-state index contributed by atoms with van der Waals surface area (Å²) in [5.41, 5.74) is 7.71. The number of nitrogen functional groups attached to an aromatic ring is 1. The number of hydrogen-bond donors (Lipinski definition) is 2. The molecule has 3 heterocycles.